The van der Waals surface area contributed by atoms with E-state index in [9.17, 15) is 4.79 Å². The van der Waals surface area contributed by atoms with Gasteiger partial charge in [0.2, 0.25) is 0 Å². The van der Waals surface area contributed by atoms with E-state index >= 15 is 0 Å². The van der Waals surface area contributed by atoms with Crippen LogP contribution in [0.1, 0.15) is 11.9 Å². The maximum atomic E-state index is 10.7. The molecule has 0 fully saturated rings. The number of nitrogens with one attached hydrogen (secondary N) is 1. The quantitative estimate of drug-likeness (QED) is 0.698. The number of nitrogens with two attached hydrogens (primary N) is 1. The summed E-state index contributed by atoms with van der Waals surface area (Å²) in [7, 11) is 0. The van der Waals surface area contributed by atoms with E-state index < -0.39 is 12.0 Å². The number of carboxylic acid groups (broad SMARTS) is 1. The number of hydrogen-bond acceptors (Lipinski definition) is 4. The molecule has 6 nitrogen and oxygen atoms in total. The van der Waals surface area contributed by atoms with Crippen LogP contribution in [0.25, 0.3) is 11.3 Å². The van der Waals surface area contributed by atoms with E-state index in [2.05, 4.69) is 15.0 Å². The van der Waals surface area contributed by atoms with E-state index in [0.29, 0.717) is 5.69 Å². The highest BCUT2D eigenvalue weighted by Gasteiger charge is 2.17. The average Bonchev–Trinajstić information content (AvgIpc) is 2.78. The molecule has 4 N–H and O–H groups in total. The van der Waals surface area contributed by atoms with Gasteiger partial charge in [0.15, 0.2) is 6.04 Å². The van der Waals surface area contributed by atoms with Crippen LogP contribution in [-0.2, 0) is 4.79 Å². The van der Waals surface area contributed by atoms with Gasteiger partial charge >= 0.3 is 5.97 Å². The molecule has 1 unspecified atom stereocenters. The number of rotatable bonds is 3. The number of carboxylic acids is 1. The largest absolute Gasteiger partial charge is 0.480 e. The smallest absolute Gasteiger partial charge is 0.328 e. The molecule has 0 bridgehead atoms. The first-order valence-corrected chi connectivity index (χ1v) is 4.62. The minimum absolute atomic E-state index is 0.235. The number of pyridine rings is 1. The van der Waals surface area contributed by atoms with Gasteiger partial charge in [0.1, 0.15) is 5.82 Å². The molecule has 16 heavy (non-hydrogen) atoms. The molecule has 0 saturated heterocycles. The van der Waals surface area contributed by atoms with Crippen molar-refractivity contribution in [1.82, 2.24) is 15.0 Å². The zero-order valence-electron chi connectivity index (χ0n) is 8.29. The fourth-order valence-corrected chi connectivity index (χ4v) is 1.29. The average molecular weight is 218 g/mol. The monoisotopic (exact) mass is 218 g/mol. The van der Waals surface area contributed by atoms with Crippen LogP contribution in [0.3, 0.4) is 0 Å². The van der Waals surface area contributed by atoms with Gasteiger partial charge in [-0.3, -0.25) is 9.78 Å². The van der Waals surface area contributed by atoms with Gasteiger partial charge in [-0.15, -0.1) is 0 Å². The number of aromatic nitrogens is 3. The highest BCUT2D eigenvalue weighted by Crippen LogP contribution is 2.17. The van der Waals surface area contributed by atoms with E-state index in [1.54, 1.807) is 30.7 Å². The predicted octanol–water partition coefficient (Wildman–Crippen LogP) is 0.556. The number of hydrogen-bond donors (Lipinski definition) is 3. The van der Waals surface area contributed by atoms with Crippen molar-refractivity contribution in [1.29, 1.82) is 0 Å². The molecule has 2 aromatic rings. The van der Waals surface area contributed by atoms with Crippen molar-refractivity contribution in [2.45, 2.75) is 6.04 Å². The molecule has 0 aliphatic heterocycles. The van der Waals surface area contributed by atoms with Crippen LogP contribution in [0.2, 0.25) is 0 Å². The first kappa shape index (κ1) is 10.3. The predicted molar refractivity (Wildman–Crippen MR) is 56.4 cm³/mol. The summed E-state index contributed by atoms with van der Waals surface area (Å²) in [4.78, 5) is 21.3. The van der Waals surface area contributed by atoms with Gasteiger partial charge in [-0.25, -0.2) is 4.98 Å². The van der Waals surface area contributed by atoms with Crippen molar-refractivity contribution in [3.8, 4) is 11.3 Å². The van der Waals surface area contributed by atoms with Gasteiger partial charge in [-0.1, -0.05) is 0 Å². The van der Waals surface area contributed by atoms with Crippen molar-refractivity contribution in [3.63, 3.8) is 0 Å². The molecule has 82 valence electrons. The van der Waals surface area contributed by atoms with E-state index in [4.69, 9.17) is 10.8 Å². The van der Waals surface area contributed by atoms with Crippen molar-refractivity contribution in [2.24, 2.45) is 5.73 Å². The first-order valence-electron chi connectivity index (χ1n) is 4.62. The topological polar surface area (TPSA) is 105 Å². The van der Waals surface area contributed by atoms with E-state index in [-0.39, 0.29) is 5.82 Å². The van der Waals surface area contributed by atoms with Crippen LogP contribution in [0.4, 0.5) is 0 Å². The van der Waals surface area contributed by atoms with Crippen molar-refractivity contribution in [3.05, 3.63) is 36.5 Å². The third-order valence-corrected chi connectivity index (χ3v) is 2.15. The highest BCUT2D eigenvalue weighted by atomic mass is 16.4. The van der Waals surface area contributed by atoms with Crippen LogP contribution < -0.4 is 5.73 Å². The summed E-state index contributed by atoms with van der Waals surface area (Å²) in [6.07, 6.45) is 4.84. The second-order valence-electron chi connectivity index (χ2n) is 3.23. The number of imidazole rings is 1. The molecule has 2 rings (SSSR count). The van der Waals surface area contributed by atoms with Crippen LogP contribution >= 0.6 is 0 Å². The number of aromatic amines is 1. The molecule has 0 radical (unpaired) electrons. The normalized spacial score (nSPS) is 12.3. The van der Waals surface area contributed by atoms with Crippen LogP contribution in [0.15, 0.2) is 30.7 Å². The molecule has 0 saturated carbocycles. The maximum Gasteiger partial charge on any atom is 0.328 e. The summed E-state index contributed by atoms with van der Waals surface area (Å²) >= 11 is 0. The Labute approximate surface area is 91.2 Å². The van der Waals surface area contributed by atoms with Crippen molar-refractivity contribution >= 4 is 5.97 Å². The van der Waals surface area contributed by atoms with Crippen LogP contribution in [0.5, 0.6) is 0 Å². The van der Waals surface area contributed by atoms with E-state index in [1.165, 1.54) is 0 Å². The summed E-state index contributed by atoms with van der Waals surface area (Å²) in [5.74, 6) is -0.880. The molecule has 0 aliphatic carbocycles. The molecular formula is C10H10N4O2. The molecule has 6 heteroatoms. The Morgan fingerprint density at radius 3 is 2.75 bits per heavy atom. The molecule has 1 atom stereocenters. The molecule has 0 spiro atoms. The molecule has 0 aromatic carbocycles. The fraction of sp³-hybridized carbons (Fsp3) is 0.100. The van der Waals surface area contributed by atoms with Gasteiger partial charge in [-0.05, 0) is 12.1 Å². The first-order chi connectivity index (χ1) is 7.68. The van der Waals surface area contributed by atoms with Gasteiger partial charge in [-0.2, -0.15) is 0 Å². The zero-order valence-corrected chi connectivity index (χ0v) is 8.29. The van der Waals surface area contributed by atoms with Gasteiger partial charge in [0.05, 0.1) is 11.9 Å². The SMILES string of the molecule is NC(C(=O)O)c1ncc(-c2ccncc2)[nH]1. The summed E-state index contributed by atoms with van der Waals surface area (Å²) in [5.41, 5.74) is 7.02. The molecule has 0 amide bonds. The van der Waals surface area contributed by atoms with E-state index in [1.807, 2.05) is 0 Å². The molecule has 0 aliphatic rings. The Morgan fingerprint density at radius 2 is 2.12 bits per heavy atom. The third-order valence-electron chi connectivity index (χ3n) is 2.15. The highest BCUT2D eigenvalue weighted by molar-refractivity contribution is 5.74. The number of nitrogens with zero attached hydrogens (tertiary/aromatic N) is 2. The van der Waals surface area contributed by atoms with E-state index in [0.717, 1.165) is 5.56 Å². The lowest BCUT2D eigenvalue weighted by atomic mass is 10.2. The second kappa shape index (κ2) is 4.11. The lowest BCUT2D eigenvalue weighted by Crippen LogP contribution is -2.21. The Kier molecular flexibility index (Phi) is 2.65. The van der Waals surface area contributed by atoms with Crippen molar-refractivity contribution < 1.29 is 9.90 Å². The molecule has 2 heterocycles. The number of aliphatic carboxylic acids is 1. The van der Waals surface area contributed by atoms with Crippen LogP contribution in [0, 0.1) is 0 Å². The Morgan fingerprint density at radius 1 is 1.44 bits per heavy atom. The van der Waals surface area contributed by atoms with Crippen molar-refractivity contribution in [2.75, 3.05) is 0 Å². The maximum absolute atomic E-state index is 10.7. The zero-order chi connectivity index (χ0) is 11.5. The number of H-pyrrole nitrogens is 1. The number of carbonyl (C=O) groups is 1. The molecular weight excluding hydrogens is 208 g/mol. The second-order valence-corrected chi connectivity index (χ2v) is 3.23. The van der Waals surface area contributed by atoms with Gasteiger partial charge in [0.25, 0.3) is 0 Å². The summed E-state index contributed by atoms with van der Waals surface area (Å²) in [6.45, 7) is 0. The summed E-state index contributed by atoms with van der Waals surface area (Å²) < 4.78 is 0. The lowest BCUT2D eigenvalue weighted by molar-refractivity contribution is -0.138. The van der Waals surface area contributed by atoms with Gasteiger partial charge in [0, 0.05) is 18.0 Å². The third kappa shape index (κ3) is 1.91. The Balaban J connectivity index is 2.30. The standard InChI is InChI=1S/C10H10N4O2/c11-8(10(15)16)9-13-5-7(14-9)6-1-3-12-4-2-6/h1-5,8H,11H2,(H,13,14)(H,15,16). The summed E-state index contributed by atoms with van der Waals surface area (Å²) in [6, 6.07) is 2.46. The Hall–Kier alpha value is -2.21. The van der Waals surface area contributed by atoms with Crippen LogP contribution in [-0.4, -0.2) is 26.0 Å². The van der Waals surface area contributed by atoms with Gasteiger partial charge < -0.3 is 15.8 Å². The minimum atomic E-state index is -1.13. The lowest BCUT2D eigenvalue weighted by Gasteiger charge is -2.01. The molecule has 2 aromatic heterocycles. The summed E-state index contributed by atoms with van der Waals surface area (Å²) in [5, 5.41) is 8.72. The Bertz CT molecular complexity index is 495. The fourth-order valence-electron chi connectivity index (χ4n) is 1.29. The minimum Gasteiger partial charge on any atom is -0.480 e.